The standard InChI is InChI=1S/C14H16BrN3O4/c15-10-5-9(6-17-7-10)14(21)22-8-12(19)18-4-2-1-3-11(18)13(16)20/h5-7,11H,1-4,8H2,(H2,16,20)/t11-/m1/s1. The SMILES string of the molecule is NC(=O)[C@H]1CCCCN1C(=O)COC(=O)c1cncc(Br)c1. The van der Waals surface area contributed by atoms with Crippen LogP contribution in [0.4, 0.5) is 0 Å². The van der Waals surface area contributed by atoms with Crippen LogP contribution in [0.15, 0.2) is 22.9 Å². The Balaban J connectivity index is 1.94. The molecule has 1 aliphatic heterocycles. The molecular formula is C14H16BrN3O4. The Bertz CT molecular complexity index is 593. The average Bonchev–Trinajstić information content (AvgIpc) is 2.52. The van der Waals surface area contributed by atoms with Gasteiger partial charge in [0.05, 0.1) is 5.56 Å². The van der Waals surface area contributed by atoms with E-state index in [1.165, 1.54) is 17.3 Å². The van der Waals surface area contributed by atoms with E-state index < -0.39 is 30.4 Å². The van der Waals surface area contributed by atoms with Crippen molar-refractivity contribution in [3.05, 3.63) is 28.5 Å². The number of nitrogens with two attached hydrogens (primary N) is 1. The van der Waals surface area contributed by atoms with Gasteiger partial charge in [0, 0.05) is 23.4 Å². The molecule has 1 fully saturated rings. The molecule has 0 spiro atoms. The van der Waals surface area contributed by atoms with Gasteiger partial charge in [-0.3, -0.25) is 14.6 Å². The lowest BCUT2D eigenvalue weighted by Crippen LogP contribution is -2.51. The summed E-state index contributed by atoms with van der Waals surface area (Å²) < 4.78 is 5.62. The maximum absolute atomic E-state index is 12.1. The van der Waals surface area contributed by atoms with Crippen molar-refractivity contribution < 1.29 is 19.1 Å². The summed E-state index contributed by atoms with van der Waals surface area (Å²) in [6.45, 7) is 0.0254. The van der Waals surface area contributed by atoms with E-state index in [1.807, 2.05) is 0 Å². The zero-order valence-electron chi connectivity index (χ0n) is 11.8. The number of nitrogens with zero attached hydrogens (tertiary/aromatic N) is 2. The molecule has 2 rings (SSSR count). The maximum Gasteiger partial charge on any atom is 0.340 e. The van der Waals surface area contributed by atoms with Crippen molar-refractivity contribution in [2.45, 2.75) is 25.3 Å². The van der Waals surface area contributed by atoms with Gasteiger partial charge in [-0.25, -0.2) is 4.79 Å². The molecule has 0 unspecified atom stereocenters. The van der Waals surface area contributed by atoms with Gasteiger partial charge in [-0.15, -0.1) is 0 Å². The molecule has 1 aliphatic rings. The van der Waals surface area contributed by atoms with Crippen LogP contribution in [-0.4, -0.2) is 46.9 Å². The monoisotopic (exact) mass is 369 g/mol. The molecule has 0 aromatic carbocycles. The molecule has 2 N–H and O–H groups in total. The summed E-state index contributed by atoms with van der Waals surface area (Å²) in [4.78, 5) is 40.6. The van der Waals surface area contributed by atoms with Crippen LogP contribution in [0, 0.1) is 0 Å². The third-order valence-electron chi connectivity index (χ3n) is 3.42. The summed E-state index contributed by atoms with van der Waals surface area (Å²) in [5.74, 6) is -1.59. The minimum absolute atomic E-state index is 0.243. The van der Waals surface area contributed by atoms with Gasteiger partial charge in [-0.1, -0.05) is 0 Å². The molecule has 1 aromatic heterocycles. The molecule has 7 nitrogen and oxygen atoms in total. The first-order chi connectivity index (χ1) is 10.5. The number of aromatic nitrogens is 1. The molecule has 22 heavy (non-hydrogen) atoms. The molecule has 2 amide bonds. The minimum atomic E-state index is -0.644. The fourth-order valence-electron chi connectivity index (χ4n) is 2.34. The molecule has 0 aliphatic carbocycles. The maximum atomic E-state index is 12.1. The van der Waals surface area contributed by atoms with E-state index in [-0.39, 0.29) is 5.56 Å². The van der Waals surface area contributed by atoms with Gasteiger partial charge in [0.25, 0.3) is 5.91 Å². The number of primary amides is 1. The summed E-state index contributed by atoms with van der Waals surface area (Å²) in [7, 11) is 0. The molecule has 1 saturated heterocycles. The van der Waals surface area contributed by atoms with Crippen molar-refractivity contribution >= 4 is 33.7 Å². The lowest BCUT2D eigenvalue weighted by atomic mass is 10.0. The Hall–Kier alpha value is -1.96. The Kier molecular flexibility index (Phi) is 5.48. The number of rotatable bonds is 4. The van der Waals surface area contributed by atoms with Crippen molar-refractivity contribution in [1.82, 2.24) is 9.88 Å². The largest absolute Gasteiger partial charge is 0.452 e. The summed E-state index contributed by atoms with van der Waals surface area (Å²) >= 11 is 3.20. The zero-order chi connectivity index (χ0) is 16.1. The first-order valence-electron chi connectivity index (χ1n) is 6.85. The second-order valence-corrected chi connectivity index (χ2v) is 5.88. The van der Waals surface area contributed by atoms with Gasteiger partial charge in [0.15, 0.2) is 6.61 Å². The molecule has 8 heteroatoms. The number of ether oxygens (including phenoxy) is 1. The van der Waals surface area contributed by atoms with Gasteiger partial charge in [0.1, 0.15) is 6.04 Å². The normalized spacial score (nSPS) is 17.9. The fraction of sp³-hybridized carbons (Fsp3) is 0.429. The first kappa shape index (κ1) is 16.4. The van der Waals surface area contributed by atoms with Crippen LogP contribution in [0.1, 0.15) is 29.6 Å². The number of amides is 2. The lowest BCUT2D eigenvalue weighted by Gasteiger charge is -2.33. The van der Waals surface area contributed by atoms with Gasteiger partial charge >= 0.3 is 5.97 Å². The topological polar surface area (TPSA) is 103 Å². The molecule has 0 saturated carbocycles. The number of piperidine rings is 1. The molecular weight excluding hydrogens is 354 g/mol. The Morgan fingerprint density at radius 1 is 1.36 bits per heavy atom. The van der Waals surface area contributed by atoms with Crippen LogP contribution in [0.2, 0.25) is 0 Å². The predicted octanol–water partition coefficient (Wildman–Crippen LogP) is 0.867. The Labute approximate surface area is 135 Å². The van der Waals surface area contributed by atoms with Crippen molar-refractivity contribution in [2.24, 2.45) is 5.73 Å². The van der Waals surface area contributed by atoms with E-state index >= 15 is 0 Å². The second kappa shape index (κ2) is 7.35. The fourth-order valence-corrected chi connectivity index (χ4v) is 2.71. The van der Waals surface area contributed by atoms with Gasteiger partial charge in [0.2, 0.25) is 5.91 Å². The average molecular weight is 370 g/mol. The number of carbonyl (C=O) groups is 3. The highest BCUT2D eigenvalue weighted by Crippen LogP contribution is 2.17. The number of hydrogen-bond donors (Lipinski definition) is 1. The molecule has 1 aromatic rings. The second-order valence-electron chi connectivity index (χ2n) is 4.97. The molecule has 118 valence electrons. The first-order valence-corrected chi connectivity index (χ1v) is 7.65. The minimum Gasteiger partial charge on any atom is -0.452 e. The van der Waals surface area contributed by atoms with Crippen LogP contribution in [-0.2, 0) is 14.3 Å². The van der Waals surface area contributed by atoms with E-state index in [0.29, 0.717) is 17.4 Å². The van der Waals surface area contributed by atoms with Crippen molar-refractivity contribution in [1.29, 1.82) is 0 Å². The van der Waals surface area contributed by atoms with Crippen LogP contribution in [0.3, 0.4) is 0 Å². The predicted molar refractivity (Wildman–Crippen MR) is 80.8 cm³/mol. The summed E-state index contributed by atoms with van der Waals surface area (Å²) in [6, 6.07) is 0.930. The van der Waals surface area contributed by atoms with Crippen molar-refractivity contribution in [3.63, 3.8) is 0 Å². The number of likely N-dealkylation sites (tertiary alicyclic amines) is 1. The summed E-state index contributed by atoms with van der Waals surface area (Å²) in [5.41, 5.74) is 5.55. The molecule has 1 atom stereocenters. The summed E-state index contributed by atoms with van der Waals surface area (Å²) in [5, 5.41) is 0. The van der Waals surface area contributed by atoms with E-state index in [1.54, 1.807) is 6.07 Å². The molecule has 0 radical (unpaired) electrons. The number of esters is 1. The highest BCUT2D eigenvalue weighted by molar-refractivity contribution is 9.10. The lowest BCUT2D eigenvalue weighted by molar-refractivity contribution is -0.143. The van der Waals surface area contributed by atoms with Crippen molar-refractivity contribution in [3.8, 4) is 0 Å². The third kappa shape index (κ3) is 4.03. The van der Waals surface area contributed by atoms with E-state index in [0.717, 1.165) is 12.8 Å². The summed E-state index contributed by atoms with van der Waals surface area (Å²) in [6.07, 6.45) is 5.09. The van der Waals surface area contributed by atoms with Gasteiger partial charge in [-0.2, -0.15) is 0 Å². The highest BCUT2D eigenvalue weighted by Gasteiger charge is 2.31. The number of pyridine rings is 1. The smallest absolute Gasteiger partial charge is 0.340 e. The third-order valence-corrected chi connectivity index (χ3v) is 3.85. The highest BCUT2D eigenvalue weighted by atomic mass is 79.9. The number of hydrogen-bond acceptors (Lipinski definition) is 5. The Morgan fingerprint density at radius 3 is 2.82 bits per heavy atom. The Morgan fingerprint density at radius 2 is 2.14 bits per heavy atom. The van der Waals surface area contributed by atoms with Crippen LogP contribution in [0.5, 0.6) is 0 Å². The van der Waals surface area contributed by atoms with E-state index in [9.17, 15) is 14.4 Å². The van der Waals surface area contributed by atoms with Crippen LogP contribution >= 0.6 is 15.9 Å². The van der Waals surface area contributed by atoms with Crippen LogP contribution < -0.4 is 5.73 Å². The van der Waals surface area contributed by atoms with Crippen molar-refractivity contribution in [2.75, 3.05) is 13.2 Å². The number of carbonyl (C=O) groups excluding carboxylic acids is 3. The number of halogens is 1. The van der Waals surface area contributed by atoms with Crippen LogP contribution in [0.25, 0.3) is 0 Å². The molecule has 2 heterocycles. The van der Waals surface area contributed by atoms with E-state index in [4.69, 9.17) is 10.5 Å². The van der Waals surface area contributed by atoms with Gasteiger partial charge in [-0.05, 0) is 41.3 Å². The van der Waals surface area contributed by atoms with E-state index in [2.05, 4.69) is 20.9 Å². The molecule has 0 bridgehead atoms. The van der Waals surface area contributed by atoms with Gasteiger partial charge < -0.3 is 15.4 Å². The zero-order valence-corrected chi connectivity index (χ0v) is 13.4. The quantitative estimate of drug-likeness (QED) is 0.793.